The third-order valence-corrected chi connectivity index (χ3v) is 5.69. The molecule has 0 heterocycles. The Hall–Kier alpha value is -2.91. The van der Waals surface area contributed by atoms with Gasteiger partial charge in [0.2, 0.25) is 0 Å². The van der Waals surface area contributed by atoms with Gasteiger partial charge in [0.25, 0.3) is 0 Å². The van der Waals surface area contributed by atoms with Crippen LogP contribution in [0.1, 0.15) is 35.6 Å². The first kappa shape index (κ1) is 18.5. The molecule has 1 aliphatic carbocycles. The third kappa shape index (κ3) is 3.23. The number of carbonyl (C=O) groups excluding carboxylic acids is 1. The molecule has 1 aliphatic rings. The second-order valence-corrected chi connectivity index (χ2v) is 7.58. The first-order valence-electron chi connectivity index (χ1n) is 9.68. The van der Waals surface area contributed by atoms with Crippen LogP contribution in [0.4, 0.5) is 0 Å². The fraction of sp³-hybridized carbons (Fsp3) is 0.240. The van der Waals surface area contributed by atoms with Crippen LogP contribution in [0.3, 0.4) is 0 Å². The summed E-state index contributed by atoms with van der Waals surface area (Å²) in [5.74, 6) is -0.576. The van der Waals surface area contributed by atoms with Crippen molar-refractivity contribution in [2.75, 3.05) is 14.1 Å². The molecule has 2 atom stereocenters. The van der Waals surface area contributed by atoms with Crippen molar-refractivity contribution in [3.8, 4) is 11.1 Å². The highest BCUT2D eigenvalue weighted by molar-refractivity contribution is 5.93. The lowest BCUT2D eigenvalue weighted by Crippen LogP contribution is -2.34. The molecule has 0 aromatic heterocycles. The van der Waals surface area contributed by atoms with Gasteiger partial charge in [-0.2, -0.15) is 0 Å². The number of benzene rings is 3. The summed E-state index contributed by atoms with van der Waals surface area (Å²) in [6, 6.07) is 26.3. The fourth-order valence-corrected chi connectivity index (χ4v) is 3.96. The lowest BCUT2D eigenvalue weighted by Gasteiger charge is -2.30. The van der Waals surface area contributed by atoms with E-state index in [1.165, 1.54) is 0 Å². The largest absolute Gasteiger partial charge is 0.455 e. The van der Waals surface area contributed by atoms with Gasteiger partial charge in [0.1, 0.15) is 12.0 Å². The van der Waals surface area contributed by atoms with E-state index in [1.54, 1.807) is 0 Å². The van der Waals surface area contributed by atoms with Gasteiger partial charge in [0.05, 0.1) is 0 Å². The van der Waals surface area contributed by atoms with Crippen molar-refractivity contribution in [3.63, 3.8) is 0 Å². The average Bonchev–Trinajstić information content (AvgIpc) is 3.06. The normalized spacial score (nSPS) is 15.0. The van der Waals surface area contributed by atoms with Gasteiger partial charge in [-0.3, -0.25) is 4.79 Å². The average molecular weight is 371 g/mol. The van der Waals surface area contributed by atoms with Gasteiger partial charge in [-0.25, -0.2) is 0 Å². The molecule has 3 nitrogen and oxygen atoms in total. The summed E-state index contributed by atoms with van der Waals surface area (Å²) in [5.41, 5.74) is 5.31. The minimum atomic E-state index is -0.382. The van der Waals surface area contributed by atoms with E-state index in [0.29, 0.717) is 0 Å². The van der Waals surface area contributed by atoms with Crippen molar-refractivity contribution in [1.29, 1.82) is 0 Å². The second kappa shape index (κ2) is 7.61. The minimum Gasteiger partial charge on any atom is -0.455 e. The maximum absolute atomic E-state index is 13.4. The van der Waals surface area contributed by atoms with E-state index in [9.17, 15) is 4.79 Å². The van der Waals surface area contributed by atoms with Crippen LogP contribution in [0, 0.1) is 0 Å². The maximum atomic E-state index is 13.4. The standard InChI is InChI=1S/C25H25NO2/c1-17(26(2)3)24(18-11-5-4-6-12-18)28-25(27)23-21-15-9-7-13-19(21)20-14-8-10-16-22(20)23/h4-17,23-24H,1-3H3/t17-,24-/m1/s1. The number of hydrogen-bond acceptors (Lipinski definition) is 3. The van der Waals surface area contributed by atoms with Crippen LogP contribution in [0.2, 0.25) is 0 Å². The Bertz CT molecular complexity index is 935. The molecular weight excluding hydrogens is 346 g/mol. The van der Waals surface area contributed by atoms with E-state index in [1.807, 2.05) is 80.8 Å². The summed E-state index contributed by atoms with van der Waals surface area (Å²) >= 11 is 0. The molecule has 0 fully saturated rings. The highest BCUT2D eigenvalue weighted by atomic mass is 16.5. The summed E-state index contributed by atoms with van der Waals surface area (Å²) < 4.78 is 6.18. The smallest absolute Gasteiger partial charge is 0.318 e. The molecule has 0 unspecified atom stereocenters. The van der Waals surface area contributed by atoms with Crippen LogP contribution in [0.5, 0.6) is 0 Å². The van der Waals surface area contributed by atoms with E-state index in [2.05, 4.69) is 24.0 Å². The van der Waals surface area contributed by atoms with Crippen LogP contribution in [-0.2, 0) is 9.53 Å². The molecule has 0 radical (unpaired) electrons. The number of nitrogens with zero attached hydrogens (tertiary/aromatic N) is 1. The van der Waals surface area contributed by atoms with Crippen LogP contribution in [-0.4, -0.2) is 31.0 Å². The molecular formula is C25H25NO2. The lowest BCUT2D eigenvalue weighted by atomic mass is 9.96. The number of rotatable bonds is 5. The van der Waals surface area contributed by atoms with E-state index in [4.69, 9.17) is 4.74 Å². The van der Waals surface area contributed by atoms with Crippen molar-refractivity contribution < 1.29 is 9.53 Å². The topological polar surface area (TPSA) is 29.5 Å². The van der Waals surface area contributed by atoms with Crippen molar-refractivity contribution in [2.24, 2.45) is 0 Å². The second-order valence-electron chi connectivity index (χ2n) is 7.58. The zero-order valence-electron chi connectivity index (χ0n) is 16.5. The number of ether oxygens (including phenoxy) is 1. The summed E-state index contributed by atoms with van der Waals surface area (Å²) in [6.45, 7) is 2.08. The van der Waals surface area contributed by atoms with Gasteiger partial charge in [0.15, 0.2) is 0 Å². The van der Waals surface area contributed by atoms with E-state index >= 15 is 0 Å². The molecule has 0 saturated heterocycles. The fourth-order valence-electron chi connectivity index (χ4n) is 3.96. The van der Waals surface area contributed by atoms with Crippen molar-refractivity contribution in [1.82, 2.24) is 4.90 Å². The molecule has 3 heteroatoms. The van der Waals surface area contributed by atoms with E-state index < -0.39 is 0 Å². The number of fused-ring (bicyclic) bond motifs is 3. The SMILES string of the molecule is C[C@H]([C@@H](OC(=O)C1c2ccccc2-c2ccccc21)c1ccccc1)N(C)C. The van der Waals surface area contributed by atoms with Gasteiger partial charge in [-0.15, -0.1) is 0 Å². The Morgan fingerprint density at radius 3 is 1.86 bits per heavy atom. The van der Waals surface area contributed by atoms with Gasteiger partial charge in [-0.1, -0.05) is 78.9 Å². The highest BCUT2D eigenvalue weighted by Crippen LogP contribution is 2.45. The molecule has 3 aromatic carbocycles. The van der Waals surface area contributed by atoms with Gasteiger partial charge < -0.3 is 9.64 Å². The van der Waals surface area contributed by atoms with Gasteiger partial charge in [0, 0.05) is 6.04 Å². The molecule has 0 bridgehead atoms. The number of hydrogen-bond donors (Lipinski definition) is 0. The Kier molecular flexibility index (Phi) is 5.01. The number of carbonyl (C=O) groups is 1. The van der Waals surface area contributed by atoms with Gasteiger partial charge in [-0.05, 0) is 48.8 Å². The molecule has 142 valence electrons. The van der Waals surface area contributed by atoms with Crippen molar-refractivity contribution in [3.05, 3.63) is 95.6 Å². The molecule has 0 amide bonds. The predicted octanol–water partition coefficient (Wildman–Crippen LogP) is 5.03. The zero-order valence-corrected chi connectivity index (χ0v) is 16.5. The molecule has 4 rings (SSSR count). The Labute approximate surface area is 166 Å². The summed E-state index contributed by atoms with van der Waals surface area (Å²) in [7, 11) is 4.02. The Balaban J connectivity index is 1.70. The van der Waals surface area contributed by atoms with E-state index in [0.717, 1.165) is 27.8 Å². The Morgan fingerprint density at radius 2 is 1.32 bits per heavy atom. The van der Waals surface area contributed by atoms with Crippen LogP contribution >= 0.6 is 0 Å². The monoisotopic (exact) mass is 371 g/mol. The maximum Gasteiger partial charge on any atom is 0.318 e. The molecule has 0 saturated carbocycles. The van der Waals surface area contributed by atoms with Crippen LogP contribution < -0.4 is 0 Å². The summed E-state index contributed by atoms with van der Waals surface area (Å²) in [4.78, 5) is 15.5. The quantitative estimate of drug-likeness (QED) is 0.589. The number of likely N-dealkylation sites (N-methyl/N-ethyl adjacent to an activating group) is 1. The lowest BCUT2D eigenvalue weighted by molar-refractivity contribution is -0.153. The van der Waals surface area contributed by atoms with Gasteiger partial charge >= 0.3 is 5.97 Å². The first-order valence-corrected chi connectivity index (χ1v) is 9.68. The minimum absolute atomic E-state index is 0.0539. The molecule has 28 heavy (non-hydrogen) atoms. The molecule has 0 N–H and O–H groups in total. The molecule has 0 aliphatic heterocycles. The molecule has 0 spiro atoms. The van der Waals surface area contributed by atoms with Crippen LogP contribution in [0.25, 0.3) is 11.1 Å². The third-order valence-electron chi connectivity index (χ3n) is 5.69. The first-order chi connectivity index (χ1) is 13.6. The highest BCUT2D eigenvalue weighted by Gasteiger charge is 2.37. The van der Waals surface area contributed by atoms with E-state index in [-0.39, 0.29) is 24.0 Å². The molecule has 3 aromatic rings. The summed E-state index contributed by atoms with van der Waals surface area (Å²) in [5, 5.41) is 0. The predicted molar refractivity (Wildman–Crippen MR) is 112 cm³/mol. The Morgan fingerprint density at radius 1 is 0.821 bits per heavy atom. The van der Waals surface area contributed by atoms with Crippen molar-refractivity contribution >= 4 is 5.97 Å². The zero-order chi connectivity index (χ0) is 19.7. The summed E-state index contributed by atoms with van der Waals surface area (Å²) in [6.07, 6.45) is -0.330. The van der Waals surface area contributed by atoms with Crippen molar-refractivity contribution in [2.45, 2.75) is 25.0 Å². The number of esters is 1. The van der Waals surface area contributed by atoms with Crippen LogP contribution in [0.15, 0.2) is 78.9 Å².